The third kappa shape index (κ3) is 6.13. The number of rotatable bonds is 8. The summed E-state index contributed by atoms with van der Waals surface area (Å²) < 4.78 is 5.37. The lowest BCUT2D eigenvalue weighted by Crippen LogP contribution is -2.25. The Morgan fingerprint density at radius 2 is 1.94 bits per heavy atom. The summed E-state index contributed by atoms with van der Waals surface area (Å²) in [6, 6.07) is 10.2. The number of pyridine rings is 1. The summed E-state index contributed by atoms with van der Waals surface area (Å²) >= 11 is 1.37. The molecule has 0 radical (unpaired) electrons. The maximum absolute atomic E-state index is 12.5. The fraction of sp³-hybridized carbons (Fsp3) is 0.375. The van der Waals surface area contributed by atoms with Crippen molar-refractivity contribution in [1.82, 2.24) is 15.2 Å². The minimum Gasteiger partial charge on any atom is -0.478 e. The zero-order valence-electron chi connectivity index (χ0n) is 19.0. The Bertz CT molecular complexity index is 1080. The highest BCUT2D eigenvalue weighted by Crippen LogP contribution is 2.29. The van der Waals surface area contributed by atoms with Gasteiger partial charge in [0.2, 0.25) is 11.8 Å². The molecule has 1 aromatic carbocycles. The first-order chi connectivity index (χ1) is 16.5. The Labute approximate surface area is 202 Å². The predicted octanol–water partition coefficient (Wildman–Crippen LogP) is 2.83. The normalized spacial score (nSPS) is 17.4. The van der Waals surface area contributed by atoms with Gasteiger partial charge in [0.15, 0.2) is 5.17 Å². The van der Waals surface area contributed by atoms with Crippen LogP contribution in [-0.4, -0.2) is 57.7 Å². The largest absolute Gasteiger partial charge is 0.478 e. The van der Waals surface area contributed by atoms with Gasteiger partial charge in [0.05, 0.1) is 6.61 Å². The quantitative estimate of drug-likeness (QED) is 0.596. The summed E-state index contributed by atoms with van der Waals surface area (Å²) in [6.07, 6.45) is 3.90. The number of anilines is 1. The molecule has 1 fully saturated rings. The lowest BCUT2D eigenvalue weighted by atomic mass is 10.1. The van der Waals surface area contributed by atoms with Crippen LogP contribution >= 0.6 is 11.8 Å². The summed E-state index contributed by atoms with van der Waals surface area (Å²) in [5.74, 6) is -0.224. The number of nitrogens with zero attached hydrogens (tertiary/aromatic N) is 3. The van der Waals surface area contributed by atoms with Gasteiger partial charge >= 0.3 is 0 Å². The molecule has 3 amide bonds. The van der Waals surface area contributed by atoms with Crippen LogP contribution < -0.4 is 15.4 Å². The van der Waals surface area contributed by atoms with Gasteiger partial charge in [-0.2, -0.15) is 4.99 Å². The van der Waals surface area contributed by atoms with Crippen molar-refractivity contribution < 1.29 is 19.1 Å². The van der Waals surface area contributed by atoms with Gasteiger partial charge in [-0.3, -0.25) is 14.4 Å². The zero-order chi connectivity index (χ0) is 23.9. The second-order valence-electron chi connectivity index (χ2n) is 7.98. The zero-order valence-corrected chi connectivity index (χ0v) is 19.8. The van der Waals surface area contributed by atoms with Gasteiger partial charge < -0.3 is 20.3 Å². The van der Waals surface area contributed by atoms with E-state index in [1.54, 1.807) is 36.5 Å². The maximum atomic E-state index is 12.5. The van der Waals surface area contributed by atoms with Crippen LogP contribution in [0.1, 0.15) is 42.1 Å². The molecule has 0 bridgehead atoms. The number of aliphatic imine (C=N–C) groups is 1. The lowest BCUT2D eigenvalue weighted by Gasteiger charge is -2.16. The molecule has 1 aromatic heterocycles. The SMILES string of the molecule is CCOc1cc(CNC(=O)c2ccc(NC(=O)CC3SC(N4CCCC4)=NC3=O)cc2)ccn1. The number of amidine groups is 1. The summed E-state index contributed by atoms with van der Waals surface area (Å²) in [7, 11) is 0. The van der Waals surface area contributed by atoms with Crippen LogP contribution in [0.4, 0.5) is 5.69 Å². The third-order valence-corrected chi connectivity index (χ3v) is 6.66. The van der Waals surface area contributed by atoms with Crippen LogP contribution in [0.2, 0.25) is 0 Å². The molecule has 0 saturated carbocycles. The van der Waals surface area contributed by atoms with Gasteiger partial charge in [-0.1, -0.05) is 11.8 Å². The van der Waals surface area contributed by atoms with E-state index in [1.807, 2.05) is 13.0 Å². The van der Waals surface area contributed by atoms with E-state index < -0.39 is 5.25 Å². The average Bonchev–Trinajstić information content (AvgIpc) is 3.49. The first-order valence-electron chi connectivity index (χ1n) is 11.3. The molecule has 2 aliphatic rings. The van der Waals surface area contributed by atoms with Crippen molar-refractivity contribution in [3.63, 3.8) is 0 Å². The molecule has 2 aromatic rings. The molecule has 0 spiro atoms. The third-order valence-electron chi connectivity index (χ3n) is 5.45. The molecule has 9 nitrogen and oxygen atoms in total. The number of hydrogen-bond donors (Lipinski definition) is 2. The molecular formula is C24H27N5O4S. The molecule has 10 heteroatoms. The molecule has 178 valence electrons. The van der Waals surface area contributed by atoms with E-state index in [9.17, 15) is 14.4 Å². The highest BCUT2D eigenvalue weighted by molar-refractivity contribution is 8.15. The number of nitrogens with one attached hydrogen (secondary N) is 2. The van der Waals surface area contributed by atoms with Gasteiger partial charge in [-0.25, -0.2) is 4.98 Å². The standard InChI is InChI=1S/C24H27N5O4S/c1-2-33-21-13-16(9-10-25-21)15-26-22(31)17-5-7-18(8-6-17)27-20(30)14-19-23(32)28-24(34-19)29-11-3-4-12-29/h5-10,13,19H,2-4,11-12,14-15H2,1H3,(H,26,31)(H,27,30). The van der Waals surface area contributed by atoms with Crippen LogP contribution in [0.5, 0.6) is 5.88 Å². The van der Waals surface area contributed by atoms with Crippen molar-refractivity contribution in [3.8, 4) is 5.88 Å². The van der Waals surface area contributed by atoms with Crippen molar-refractivity contribution in [2.45, 2.75) is 38.0 Å². The Kier molecular flexibility index (Phi) is 7.79. The van der Waals surface area contributed by atoms with Gasteiger partial charge in [-0.15, -0.1) is 0 Å². The van der Waals surface area contributed by atoms with Gasteiger partial charge in [0.25, 0.3) is 11.8 Å². The minimum atomic E-state index is -0.489. The Morgan fingerprint density at radius 3 is 2.68 bits per heavy atom. The lowest BCUT2D eigenvalue weighted by molar-refractivity contribution is -0.121. The number of carbonyl (C=O) groups excluding carboxylic acids is 3. The molecule has 2 N–H and O–H groups in total. The highest BCUT2D eigenvalue weighted by Gasteiger charge is 2.33. The summed E-state index contributed by atoms with van der Waals surface area (Å²) in [5.41, 5.74) is 1.92. The van der Waals surface area contributed by atoms with Crippen LogP contribution in [0.15, 0.2) is 47.6 Å². The predicted molar refractivity (Wildman–Crippen MR) is 131 cm³/mol. The number of ether oxygens (including phenoxy) is 1. The molecule has 3 heterocycles. The molecule has 0 aliphatic carbocycles. The van der Waals surface area contributed by atoms with Gasteiger partial charge in [0, 0.05) is 49.6 Å². The second kappa shape index (κ2) is 11.1. The number of amides is 3. The number of hydrogen-bond acceptors (Lipinski definition) is 7. The van der Waals surface area contributed by atoms with E-state index in [1.165, 1.54) is 11.8 Å². The summed E-state index contributed by atoms with van der Waals surface area (Å²) in [5, 5.41) is 5.90. The van der Waals surface area contributed by atoms with Crippen molar-refractivity contribution >= 4 is 40.3 Å². The number of benzene rings is 1. The van der Waals surface area contributed by atoms with Crippen LogP contribution in [0, 0.1) is 0 Å². The fourth-order valence-electron chi connectivity index (χ4n) is 3.71. The van der Waals surface area contributed by atoms with Gasteiger partial charge in [-0.05, 0) is 55.7 Å². The Hall–Kier alpha value is -3.40. The average molecular weight is 482 g/mol. The van der Waals surface area contributed by atoms with Crippen LogP contribution in [-0.2, 0) is 16.1 Å². The fourth-order valence-corrected chi connectivity index (χ4v) is 4.83. The molecule has 2 aliphatic heterocycles. The summed E-state index contributed by atoms with van der Waals surface area (Å²) in [6.45, 7) is 4.57. The van der Waals surface area contributed by atoms with E-state index >= 15 is 0 Å². The number of likely N-dealkylation sites (tertiary alicyclic amines) is 1. The van der Waals surface area contributed by atoms with Crippen LogP contribution in [0.3, 0.4) is 0 Å². The second-order valence-corrected chi connectivity index (χ2v) is 9.15. The molecular weight excluding hydrogens is 454 g/mol. The Balaban J connectivity index is 1.24. The number of aromatic nitrogens is 1. The topological polar surface area (TPSA) is 113 Å². The summed E-state index contributed by atoms with van der Waals surface area (Å²) in [4.78, 5) is 47.5. The van der Waals surface area contributed by atoms with E-state index in [4.69, 9.17) is 4.74 Å². The van der Waals surface area contributed by atoms with Crippen molar-refractivity contribution in [3.05, 3.63) is 53.7 Å². The Morgan fingerprint density at radius 1 is 1.18 bits per heavy atom. The van der Waals surface area contributed by atoms with E-state index in [2.05, 4.69) is 25.5 Å². The molecule has 4 rings (SSSR count). The van der Waals surface area contributed by atoms with Crippen molar-refractivity contribution in [2.75, 3.05) is 25.0 Å². The van der Waals surface area contributed by atoms with Crippen molar-refractivity contribution in [2.24, 2.45) is 4.99 Å². The first-order valence-corrected chi connectivity index (χ1v) is 12.2. The number of carbonyl (C=O) groups is 3. The maximum Gasteiger partial charge on any atom is 0.262 e. The first kappa shape index (κ1) is 23.7. The molecule has 1 saturated heterocycles. The van der Waals surface area contributed by atoms with Crippen LogP contribution in [0.25, 0.3) is 0 Å². The van der Waals surface area contributed by atoms with E-state index in [0.717, 1.165) is 36.7 Å². The smallest absolute Gasteiger partial charge is 0.262 e. The minimum absolute atomic E-state index is 0.0578. The number of thioether (sulfide) groups is 1. The molecule has 1 unspecified atom stereocenters. The highest BCUT2D eigenvalue weighted by atomic mass is 32.2. The molecule has 1 atom stereocenters. The van der Waals surface area contributed by atoms with Crippen molar-refractivity contribution in [1.29, 1.82) is 0 Å². The van der Waals surface area contributed by atoms with Gasteiger partial charge in [0.1, 0.15) is 5.25 Å². The monoisotopic (exact) mass is 481 g/mol. The van der Waals surface area contributed by atoms with E-state index in [0.29, 0.717) is 30.3 Å². The molecule has 34 heavy (non-hydrogen) atoms. The van der Waals surface area contributed by atoms with E-state index in [-0.39, 0.29) is 24.1 Å².